The Labute approximate surface area is 107 Å². The first-order valence-corrected chi connectivity index (χ1v) is 6.00. The highest BCUT2D eigenvalue weighted by Gasteiger charge is 2.11. The Morgan fingerprint density at radius 3 is 2.39 bits per heavy atom. The Morgan fingerprint density at radius 1 is 1.17 bits per heavy atom. The Balaban J connectivity index is 2.22. The molecule has 0 saturated carbocycles. The lowest BCUT2D eigenvalue weighted by Gasteiger charge is -2.14. The van der Waals surface area contributed by atoms with Gasteiger partial charge in [0.15, 0.2) is 0 Å². The van der Waals surface area contributed by atoms with Gasteiger partial charge < -0.3 is 5.73 Å². The van der Waals surface area contributed by atoms with E-state index in [9.17, 15) is 4.39 Å². The van der Waals surface area contributed by atoms with Crippen LogP contribution in [0.1, 0.15) is 28.6 Å². The third-order valence-corrected chi connectivity index (χ3v) is 2.93. The topological polar surface area (TPSA) is 38.9 Å². The van der Waals surface area contributed by atoms with E-state index in [0.717, 1.165) is 17.0 Å². The molecule has 0 spiro atoms. The molecule has 0 radical (unpaired) electrons. The minimum absolute atomic E-state index is 0.199. The third-order valence-electron chi connectivity index (χ3n) is 2.93. The molecule has 0 aliphatic rings. The van der Waals surface area contributed by atoms with Crippen LogP contribution >= 0.6 is 0 Å². The van der Waals surface area contributed by atoms with E-state index in [0.29, 0.717) is 12.0 Å². The first kappa shape index (κ1) is 12.7. The van der Waals surface area contributed by atoms with Gasteiger partial charge in [0.1, 0.15) is 5.82 Å². The monoisotopic (exact) mass is 244 g/mol. The number of aryl methyl sites for hydroxylation is 2. The lowest BCUT2D eigenvalue weighted by atomic mass is 9.99. The number of hydrogen-bond acceptors (Lipinski definition) is 2. The number of hydrogen-bond donors (Lipinski definition) is 1. The van der Waals surface area contributed by atoms with Gasteiger partial charge in [0, 0.05) is 17.4 Å². The molecule has 2 nitrogen and oxygen atoms in total. The summed E-state index contributed by atoms with van der Waals surface area (Å²) < 4.78 is 13.6. The number of pyridine rings is 1. The van der Waals surface area contributed by atoms with E-state index >= 15 is 0 Å². The van der Waals surface area contributed by atoms with E-state index in [1.807, 2.05) is 32.0 Å². The van der Waals surface area contributed by atoms with Crippen LogP contribution < -0.4 is 5.73 Å². The van der Waals surface area contributed by atoms with Gasteiger partial charge in [0.05, 0.1) is 0 Å². The van der Waals surface area contributed by atoms with Crippen molar-refractivity contribution in [1.82, 2.24) is 4.98 Å². The van der Waals surface area contributed by atoms with Gasteiger partial charge in [-0.25, -0.2) is 4.39 Å². The number of halogens is 1. The maximum Gasteiger partial charge on any atom is 0.126 e. The predicted octanol–water partition coefficient (Wildman–Crippen LogP) is 3.08. The second-order valence-corrected chi connectivity index (χ2v) is 4.59. The van der Waals surface area contributed by atoms with Gasteiger partial charge in [-0.15, -0.1) is 0 Å². The number of benzene rings is 1. The van der Waals surface area contributed by atoms with Gasteiger partial charge in [-0.2, -0.15) is 0 Å². The Morgan fingerprint density at radius 2 is 1.78 bits per heavy atom. The molecule has 0 saturated heterocycles. The minimum Gasteiger partial charge on any atom is -0.324 e. The Hall–Kier alpha value is -1.74. The molecule has 1 aromatic heterocycles. The molecule has 2 aromatic rings. The fraction of sp³-hybridized carbons (Fsp3) is 0.267. The lowest BCUT2D eigenvalue weighted by molar-refractivity contribution is 0.593. The van der Waals surface area contributed by atoms with Crippen LogP contribution in [-0.2, 0) is 6.42 Å². The molecule has 18 heavy (non-hydrogen) atoms. The van der Waals surface area contributed by atoms with Crippen molar-refractivity contribution in [2.45, 2.75) is 26.3 Å². The molecule has 0 bridgehead atoms. The number of rotatable bonds is 3. The average Bonchev–Trinajstić information content (AvgIpc) is 2.31. The molecular weight excluding hydrogens is 227 g/mol. The largest absolute Gasteiger partial charge is 0.324 e. The molecule has 0 aliphatic heterocycles. The first-order valence-electron chi connectivity index (χ1n) is 6.00. The van der Waals surface area contributed by atoms with Gasteiger partial charge in [-0.1, -0.05) is 18.2 Å². The molecule has 3 heteroatoms. The van der Waals surface area contributed by atoms with Gasteiger partial charge in [-0.05, 0) is 49.6 Å². The number of nitrogens with zero attached hydrogens (tertiary/aromatic N) is 1. The van der Waals surface area contributed by atoms with Crippen molar-refractivity contribution in [2.24, 2.45) is 5.73 Å². The second kappa shape index (κ2) is 5.27. The zero-order valence-electron chi connectivity index (χ0n) is 10.7. The van der Waals surface area contributed by atoms with E-state index in [-0.39, 0.29) is 11.9 Å². The van der Waals surface area contributed by atoms with Crippen LogP contribution in [0.3, 0.4) is 0 Å². The lowest BCUT2D eigenvalue weighted by Crippen LogP contribution is -2.15. The predicted molar refractivity (Wildman–Crippen MR) is 70.7 cm³/mol. The molecule has 0 amide bonds. The van der Waals surface area contributed by atoms with Crippen LogP contribution in [0, 0.1) is 19.7 Å². The van der Waals surface area contributed by atoms with E-state index in [2.05, 4.69) is 4.98 Å². The zero-order valence-corrected chi connectivity index (χ0v) is 10.7. The zero-order chi connectivity index (χ0) is 13.1. The fourth-order valence-electron chi connectivity index (χ4n) is 2.10. The van der Waals surface area contributed by atoms with Crippen LogP contribution in [0.4, 0.5) is 4.39 Å². The highest BCUT2D eigenvalue weighted by Crippen LogP contribution is 2.19. The SMILES string of the molecule is Cc1cc(C(N)Cc2ccccc2F)cc(C)n1. The molecule has 1 atom stereocenters. The summed E-state index contributed by atoms with van der Waals surface area (Å²) >= 11 is 0. The van der Waals surface area contributed by atoms with Gasteiger partial charge in [0.2, 0.25) is 0 Å². The smallest absolute Gasteiger partial charge is 0.126 e. The van der Waals surface area contributed by atoms with Crippen LogP contribution in [0.25, 0.3) is 0 Å². The normalized spacial score (nSPS) is 12.4. The summed E-state index contributed by atoms with van der Waals surface area (Å²) in [6, 6.07) is 10.5. The summed E-state index contributed by atoms with van der Waals surface area (Å²) in [5, 5.41) is 0. The van der Waals surface area contributed by atoms with E-state index in [1.165, 1.54) is 6.07 Å². The Kier molecular flexibility index (Phi) is 3.72. The minimum atomic E-state index is -0.206. The molecule has 1 unspecified atom stereocenters. The highest BCUT2D eigenvalue weighted by atomic mass is 19.1. The first-order chi connectivity index (χ1) is 8.56. The summed E-state index contributed by atoms with van der Waals surface area (Å²) in [7, 11) is 0. The number of nitrogens with two attached hydrogens (primary N) is 1. The summed E-state index contributed by atoms with van der Waals surface area (Å²) in [6.07, 6.45) is 0.496. The maximum atomic E-state index is 13.6. The van der Waals surface area contributed by atoms with Crippen molar-refractivity contribution in [3.8, 4) is 0 Å². The Bertz CT molecular complexity index is 532. The molecule has 94 valence electrons. The van der Waals surface area contributed by atoms with E-state index in [1.54, 1.807) is 12.1 Å². The van der Waals surface area contributed by atoms with Crippen molar-refractivity contribution in [3.63, 3.8) is 0 Å². The van der Waals surface area contributed by atoms with Gasteiger partial charge >= 0.3 is 0 Å². The molecule has 2 rings (SSSR count). The summed E-state index contributed by atoms with van der Waals surface area (Å²) in [4.78, 5) is 4.31. The maximum absolute atomic E-state index is 13.6. The fourth-order valence-corrected chi connectivity index (χ4v) is 2.10. The molecule has 2 N–H and O–H groups in total. The van der Waals surface area contributed by atoms with Gasteiger partial charge in [0.25, 0.3) is 0 Å². The van der Waals surface area contributed by atoms with Crippen LogP contribution in [0.15, 0.2) is 36.4 Å². The quantitative estimate of drug-likeness (QED) is 0.901. The summed E-state index contributed by atoms with van der Waals surface area (Å²) in [5.41, 5.74) is 9.67. The van der Waals surface area contributed by atoms with Crippen LogP contribution in [0.2, 0.25) is 0 Å². The average molecular weight is 244 g/mol. The highest BCUT2D eigenvalue weighted by molar-refractivity contribution is 5.26. The summed E-state index contributed by atoms with van der Waals surface area (Å²) in [5.74, 6) is -0.199. The van der Waals surface area contributed by atoms with Crippen molar-refractivity contribution in [2.75, 3.05) is 0 Å². The van der Waals surface area contributed by atoms with Crippen molar-refractivity contribution in [3.05, 3.63) is 64.7 Å². The third kappa shape index (κ3) is 2.93. The molecular formula is C15H17FN2. The van der Waals surface area contributed by atoms with Crippen LogP contribution in [-0.4, -0.2) is 4.98 Å². The molecule has 0 fully saturated rings. The number of aromatic nitrogens is 1. The molecule has 1 heterocycles. The van der Waals surface area contributed by atoms with Crippen LogP contribution in [0.5, 0.6) is 0 Å². The molecule has 1 aromatic carbocycles. The second-order valence-electron chi connectivity index (χ2n) is 4.59. The summed E-state index contributed by atoms with van der Waals surface area (Å²) in [6.45, 7) is 3.87. The van der Waals surface area contributed by atoms with Crippen molar-refractivity contribution in [1.29, 1.82) is 0 Å². The van der Waals surface area contributed by atoms with E-state index in [4.69, 9.17) is 5.73 Å². The molecule has 0 aliphatic carbocycles. The van der Waals surface area contributed by atoms with E-state index < -0.39 is 0 Å². The van der Waals surface area contributed by atoms with Gasteiger partial charge in [-0.3, -0.25) is 4.98 Å². The van der Waals surface area contributed by atoms with Crippen molar-refractivity contribution >= 4 is 0 Å². The standard InChI is InChI=1S/C15H17FN2/c1-10-7-13(8-11(2)18-10)15(17)9-12-5-3-4-6-14(12)16/h3-8,15H,9,17H2,1-2H3. The van der Waals surface area contributed by atoms with Crippen molar-refractivity contribution < 1.29 is 4.39 Å².